The monoisotopic (exact) mass is 375 g/mol. The first-order chi connectivity index (χ1) is 10.6. The lowest BCUT2D eigenvalue weighted by atomic mass is 10.3. The minimum absolute atomic E-state index is 0.00157. The van der Waals surface area contributed by atoms with Crippen LogP contribution in [0.3, 0.4) is 0 Å². The van der Waals surface area contributed by atoms with Crippen molar-refractivity contribution in [1.82, 2.24) is 0 Å². The molecule has 124 valence electrons. The summed E-state index contributed by atoms with van der Waals surface area (Å²) in [6, 6.07) is 0.883. The molecule has 2 aromatic rings. The molecule has 0 radical (unpaired) electrons. The highest BCUT2D eigenvalue weighted by molar-refractivity contribution is 7.92. The van der Waals surface area contributed by atoms with Crippen LogP contribution in [0.15, 0.2) is 23.1 Å². The minimum Gasteiger partial charge on any atom is -0.276 e. The average Bonchev–Trinajstić information content (AvgIpc) is 2.45. The van der Waals surface area contributed by atoms with Gasteiger partial charge in [-0.05, 0) is 12.1 Å². The van der Waals surface area contributed by atoms with Gasteiger partial charge in [0.1, 0.15) is 16.7 Å². The number of hydrogen-bond donors (Lipinski definition) is 1. The van der Waals surface area contributed by atoms with Gasteiger partial charge in [0.25, 0.3) is 10.0 Å². The van der Waals surface area contributed by atoms with Crippen LogP contribution in [0.5, 0.6) is 0 Å². The Morgan fingerprint density at radius 1 is 0.826 bits per heavy atom. The lowest BCUT2D eigenvalue weighted by molar-refractivity contribution is 0.449. The molecule has 0 aliphatic heterocycles. The van der Waals surface area contributed by atoms with Gasteiger partial charge in [-0.2, -0.15) is 0 Å². The molecule has 2 aromatic carbocycles. The summed E-state index contributed by atoms with van der Waals surface area (Å²) >= 11 is 5.15. The second kappa shape index (κ2) is 5.93. The molecular weight excluding hydrogens is 372 g/mol. The molecule has 0 spiro atoms. The van der Waals surface area contributed by atoms with Crippen LogP contribution in [-0.2, 0) is 10.0 Å². The molecule has 0 bridgehead atoms. The maximum absolute atomic E-state index is 13.7. The highest BCUT2D eigenvalue weighted by atomic mass is 35.5. The third kappa shape index (κ3) is 3.08. The fourth-order valence-corrected chi connectivity index (χ4v) is 3.00. The molecule has 0 aliphatic rings. The Hall–Kier alpha value is -1.94. The van der Waals surface area contributed by atoms with Crippen molar-refractivity contribution in [2.75, 3.05) is 4.72 Å². The minimum atomic E-state index is -5.15. The van der Waals surface area contributed by atoms with E-state index in [0.717, 1.165) is 0 Å². The second-order valence-electron chi connectivity index (χ2n) is 4.13. The standard InChI is InChI=1S/C12H4ClF6NO2S/c13-8-5(15)3-6(16)12(11(8)19)23(21,22)20-7-2-1-4(14)9(17)10(7)18/h1-3,20H. The van der Waals surface area contributed by atoms with E-state index in [4.69, 9.17) is 11.6 Å². The fourth-order valence-electron chi connectivity index (χ4n) is 1.60. The summed E-state index contributed by atoms with van der Waals surface area (Å²) in [5, 5.41) is -1.31. The molecule has 0 saturated carbocycles. The van der Waals surface area contributed by atoms with Gasteiger partial charge in [0.05, 0.1) is 5.69 Å². The van der Waals surface area contributed by atoms with Crippen molar-refractivity contribution in [2.45, 2.75) is 4.90 Å². The first-order valence-corrected chi connectivity index (χ1v) is 7.41. The second-order valence-corrected chi connectivity index (χ2v) is 6.12. The molecule has 0 unspecified atom stereocenters. The summed E-state index contributed by atoms with van der Waals surface area (Å²) in [5.41, 5.74) is -1.11. The van der Waals surface area contributed by atoms with E-state index in [1.165, 1.54) is 4.72 Å². The summed E-state index contributed by atoms with van der Waals surface area (Å²) < 4.78 is 105. The van der Waals surface area contributed by atoms with Crippen molar-refractivity contribution < 1.29 is 34.8 Å². The van der Waals surface area contributed by atoms with Crippen LogP contribution in [0.25, 0.3) is 0 Å². The zero-order chi connectivity index (χ0) is 17.5. The summed E-state index contributed by atoms with van der Waals surface area (Å²) in [4.78, 5) is -1.70. The van der Waals surface area contributed by atoms with Crippen molar-refractivity contribution in [2.24, 2.45) is 0 Å². The molecule has 1 N–H and O–H groups in total. The van der Waals surface area contributed by atoms with E-state index in [0.29, 0.717) is 12.1 Å². The molecule has 0 heterocycles. The smallest absolute Gasteiger partial charge is 0.267 e. The van der Waals surface area contributed by atoms with E-state index >= 15 is 0 Å². The summed E-state index contributed by atoms with van der Waals surface area (Å²) in [6.45, 7) is 0. The topological polar surface area (TPSA) is 46.2 Å². The first-order valence-electron chi connectivity index (χ1n) is 5.55. The maximum atomic E-state index is 13.7. The highest BCUT2D eigenvalue weighted by Gasteiger charge is 2.29. The SMILES string of the molecule is O=S(=O)(Nc1ccc(F)c(F)c1F)c1c(F)cc(F)c(Cl)c1F. The highest BCUT2D eigenvalue weighted by Crippen LogP contribution is 2.30. The van der Waals surface area contributed by atoms with Gasteiger partial charge < -0.3 is 0 Å². The lowest BCUT2D eigenvalue weighted by Crippen LogP contribution is -2.18. The largest absolute Gasteiger partial charge is 0.276 e. The molecule has 0 saturated heterocycles. The number of sulfonamides is 1. The fraction of sp³-hybridized carbons (Fsp3) is 0. The molecule has 0 amide bonds. The van der Waals surface area contributed by atoms with Gasteiger partial charge in [-0.1, -0.05) is 11.6 Å². The van der Waals surface area contributed by atoms with Crippen LogP contribution in [0, 0.1) is 34.9 Å². The van der Waals surface area contributed by atoms with E-state index < -0.39 is 60.5 Å². The number of benzene rings is 2. The van der Waals surface area contributed by atoms with Gasteiger partial charge in [0.2, 0.25) is 0 Å². The molecule has 2 rings (SSSR count). The Kier molecular flexibility index (Phi) is 4.49. The van der Waals surface area contributed by atoms with Crippen molar-refractivity contribution in [3.05, 3.63) is 58.1 Å². The number of halogens is 7. The van der Waals surface area contributed by atoms with E-state index in [2.05, 4.69) is 0 Å². The Labute approximate surface area is 130 Å². The molecule has 23 heavy (non-hydrogen) atoms. The number of hydrogen-bond acceptors (Lipinski definition) is 2. The normalized spacial score (nSPS) is 11.6. The third-order valence-electron chi connectivity index (χ3n) is 2.62. The van der Waals surface area contributed by atoms with Gasteiger partial charge in [-0.15, -0.1) is 0 Å². The number of nitrogens with one attached hydrogen (secondary N) is 1. The first kappa shape index (κ1) is 17.4. The van der Waals surface area contributed by atoms with Crippen LogP contribution in [-0.4, -0.2) is 8.42 Å². The quantitative estimate of drug-likeness (QED) is 0.501. The molecule has 0 aliphatic carbocycles. The van der Waals surface area contributed by atoms with Crippen LogP contribution >= 0.6 is 11.6 Å². The van der Waals surface area contributed by atoms with Crippen LogP contribution in [0.4, 0.5) is 32.0 Å². The van der Waals surface area contributed by atoms with Gasteiger partial charge >= 0.3 is 0 Å². The van der Waals surface area contributed by atoms with E-state index in [1.807, 2.05) is 0 Å². The van der Waals surface area contributed by atoms with E-state index in [9.17, 15) is 34.8 Å². The summed E-state index contributed by atoms with van der Waals surface area (Å²) in [7, 11) is -5.15. The molecule has 11 heteroatoms. The summed E-state index contributed by atoms with van der Waals surface area (Å²) in [5.74, 6) is -10.9. The zero-order valence-electron chi connectivity index (χ0n) is 10.6. The lowest BCUT2D eigenvalue weighted by Gasteiger charge is -2.12. The van der Waals surface area contributed by atoms with E-state index in [-0.39, 0.29) is 6.07 Å². The van der Waals surface area contributed by atoms with E-state index in [1.54, 1.807) is 0 Å². The third-order valence-corrected chi connectivity index (χ3v) is 4.37. The van der Waals surface area contributed by atoms with Gasteiger partial charge in [-0.25, -0.2) is 34.8 Å². The zero-order valence-corrected chi connectivity index (χ0v) is 12.2. The van der Waals surface area contributed by atoms with Crippen molar-refractivity contribution in [3.8, 4) is 0 Å². The predicted molar refractivity (Wildman–Crippen MR) is 68.5 cm³/mol. The summed E-state index contributed by atoms with van der Waals surface area (Å²) in [6.07, 6.45) is 0. The Morgan fingerprint density at radius 3 is 2.04 bits per heavy atom. The van der Waals surface area contributed by atoms with Crippen molar-refractivity contribution >= 4 is 27.3 Å². The average molecular weight is 376 g/mol. The van der Waals surface area contributed by atoms with Gasteiger partial charge in [0.15, 0.2) is 28.2 Å². The van der Waals surface area contributed by atoms with Crippen LogP contribution in [0.1, 0.15) is 0 Å². The van der Waals surface area contributed by atoms with Crippen molar-refractivity contribution in [1.29, 1.82) is 0 Å². The van der Waals surface area contributed by atoms with Crippen LogP contribution < -0.4 is 4.72 Å². The molecular formula is C12H4ClF6NO2S. The predicted octanol–water partition coefficient (Wildman–Crippen LogP) is 3.98. The molecule has 0 fully saturated rings. The van der Waals surface area contributed by atoms with Gasteiger partial charge in [0, 0.05) is 6.07 Å². The van der Waals surface area contributed by atoms with Crippen LogP contribution in [0.2, 0.25) is 5.02 Å². The van der Waals surface area contributed by atoms with Crippen molar-refractivity contribution in [3.63, 3.8) is 0 Å². The maximum Gasteiger partial charge on any atom is 0.267 e. The Balaban J connectivity index is 2.58. The van der Waals surface area contributed by atoms with Gasteiger partial charge in [-0.3, -0.25) is 4.72 Å². The molecule has 0 atom stereocenters. The Morgan fingerprint density at radius 2 is 1.43 bits per heavy atom. The molecule has 3 nitrogen and oxygen atoms in total. The number of anilines is 1. The molecule has 0 aromatic heterocycles. The Bertz CT molecular complexity index is 903. The number of rotatable bonds is 3.